The first kappa shape index (κ1) is 19.2. The Hall–Kier alpha value is -1.13. The summed E-state index contributed by atoms with van der Waals surface area (Å²) in [6.07, 6.45) is -4.56. The average molecular weight is 413 g/mol. The lowest BCUT2D eigenvalue weighted by molar-refractivity contribution is -0.142. The first-order valence-electron chi connectivity index (χ1n) is 7.58. The molecule has 2 rings (SSSR count). The number of carbonyl (C=O) groups excluding carboxylic acids is 1. The fraction of sp³-hybridized carbons (Fsp3) is 0.714. The summed E-state index contributed by atoms with van der Waals surface area (Å²) in [5.41, 5.74) is -0.757. The van der Waals surface area contributed by atoms with Crippen molar-refractivity contribution in [2.24, 2.45) is 0 Å². The molecule has 1 atom stereocenters. The van der Waals surface area contributed by atoms with E-state index in [0.29, 0.717) is 19.8 Å². The topological polar surface area (TPSA) is 59.4 Å². The minimum Gasteiger partial charge on any atom is -0.379 e. The van der Waals surface area contributed by atoms with Crippen LogP contribution in [0.4, 0.5) is 13.2 Å². The quantitative estimate of drug-likeness (QED) is 0.800. The maximum Gasteiger partial charge on any atom is 0.436 e. The van der Waals surface area contributed by atoms with E-state index in [9.17, 15) is 18.0 Å². The second kappa shape index (κ2) is 7.83. The van der Waals surface area contributed by atoms with Gasteiger partial charge in [-0.25, -0.2) is 0 Å². The normalized spacial score (nSPS) is 17.8. The van der Waals surface area contributed by atoms with E-state index < -0.39 is 11.9 Å². The number of nitrogens with one attached hydrogen (secondary N) is 1. The van der Waals surface area contributed by atoms with Crippen molar-refractivity contribution in [2.75, 3.05) is 32.8 Å². The Kier molecular flexibility index (Phi) is 6.27. The maximum absolute atomic E-state index is 12.8. The van der Waals surface area contributed by atoms with Crippen LogP contribution in [0.5, 0.6) is 0 Å². The summed E-state index contributed by atoms with van der Waals surface area (Å²) >= 11 is 2.89. The summed E-state index contributed by atoms with van der Waals surface area (Å²) in [7, 11) is 0. The molecule has 1 amide bonds. The Morgan fingerprint density at radius 3 is 2.58 bits per heavy atom. The summed E-state index contributed by atoms with van der Waals surface area (Å²) in [5, 5.41) is 6.29. The van der Waals surface area contributed by atoms with Crippen LogP contribution in [-0.2, 0) is 22.3 Å². The van der Waals surface area contributed by atoms with E-state index in [1.165, 1.54) is 6.92 Å². The molecule has 1 fully saturated rings. The van der Waals surface area contributed by atoms with Gasteiger partial charge in [0, 0.05) is 25.7 Å². The van der Waals surface area contributed by atoms with Crippen LogP contribution in [0.1, 0.15) is 18.3 Å². The van der Waals surface area contributed by atoms with Crippen LogP contribution in [0, 0.1) is 6.92 Å². The van der Waals surface area contributed by atoms with Gasteiger partial charge in [0.15, 0.2) is 5.69 Å². The predicted molar refractivity (Wildman–Crippen MR) is 84.5 cm³/mol. The molecule has 2 heterocycles. The average Bonchev–Trinajstić information content (AvgIpc) is 2.76. The Bertz CT molecular complexity index is 585. The van der Waals surface area contributed by atoms with E-state index in [2.05, 4.69) is 31.2 Å². The van der Waals surface area contributed by atoms with E-state index in [-0.39, 0.29) is 28.7 Å². The van der Waals surface area contributed by atoms with Crippen molar-refractivity contribution in [3.05, 3.63) is 15.9 Å². The van der Waals surface area contributed by atoms with Crippen LogP contribution in [0.15, 0.2) is 4.47 Å². The van der Waals surface area contributed by atoms with E-state index in [0.717, 1.165) is 17.8 Å². The molecule has 1 unspecified atom stereocenters. The first-order chi connectivity index (χ1) is 11.2. The minimum absolute atomic E-state index is 0.114. The highest BCUT2D eigenvalue weighted by atomic mass is 79.9. The van der Waals surface area contributed by atoms with Crippen molar-refractivity contribution < 1.29 is 22.7 Å². The third-order valence-corrected chi connectivity index (χ3v) is 4.69. The van der Waals surface area contributed by atoms with Crippen molar-refractivity contribution >= 4 is 21.8 Å². The molecule has 6 nitrogen and oxygen atoms in total. The molecular weight excluding hydrogens is 393 g/mol. The molecular formula is C14H20BrF3N4O2. The predicted octanol–water partition coefficient (Wildman–Crippen LogP) is 1.81. The third-order valence-electron chi connectivity index (χ3n) is 3.74. The van der Waals surface area contributed by atoms with Gasteiger partial charge < -0.3 is 10.1 Å². The zero-order valence-electron chi connectivity index (χ0n) is 13.5. The van der Waals surface area contributed by atoms with Crippen LogP contribution in [0.2, 0.25) is 0 Å². The number of amides is 1. The molecule has 10 heteroatoms. The molecule has 0 saturated carbocycles. The first-order valence-corrected chi connectivity index (χ1v) is 8.37. The number of morpholine rings is 1. The lowest BCUT2D eigenvalue weighted by atomic mass is 10.3. The number of halogens is 4. The summed E-state index contributed by atoms with van der Waals surface area (Å²) in [6.45, 7) is 6.71. The van der Waals surface area contributed by atoms with Gasteiger partial charge in [0.25, 0.3) is 0 Å². The standard InChI is InChI=1S/C14H20BrF3N4O2/c1-9(7-21-3-5-24-6-4-21)19-11(23)8-22-10(2)12(15)13(20-22)14(16,17)18/h9H,3-8H2,1-2H3,(H,19,23). The SMILES string of the molecule is Cc1c(Br)c(C(F)(F)F)nn1CC(=O)NC(C)CN1CCOCC1. The highest BCUT2D eigenvalue weighted by molar-refractivity contribution is 9.10. The van der Waals surface area contributed by atoms with Gasteiger partial charge in [0.1, 0.15) is 6.54 Å². The van der Waals surface area contributed by atoms with Crippen LogP contribution >= 0.6 is 15.9 Å². The van der Waals surface area contributed by atoms with Crippen LogP contribution in [0.3, 0.4) is 0 Å². The van der Waals surface area contributed by atoms with Crippen molar-refractivity contribution in [3.8, 4) is 0 Å². The number of hydrogen-bond donors (Lipinski definition) is 1. The zero-order valence-corrected chi connectivity index (χ0v) is 15.1. The molecule has 1 N–H and O–H groups in total. The Morgan fingerprint density at radius 2 is 2.04 bits per heavy atom. The van der Waals surface area contributed by atoms with Crippen LogP contribution in [0.25, 0.3) is 0 Å². The van der Waals surface area contributed by atoms with Gasteiger partial charge in [0.2, 0.25) is 5.91 Å². The van der Waals surface area contributed by atoms with Gasteiger partial charge in [-0.3, -0.25) is 14.4 Å². The van der Waals surface area contributed by atoms with Gasteiger partial charge in [-0.1, -0.05) is 0 Å². The number of nitrogens with zero attached hydrogens (tertiary/aromatic N) is 3. The largest absolute Gasteiger partial charge is 0.436 e. The Balaban J connectivity index is 1.92. The van der Waals surface area contributed by atoms with E-state index in [1.807, 2.05) is 6.92 Å². The lowest BCUT2D eigenvalue weighted by Crippen LogP contribution is -2.46. The van der Waals surface area contributed by atoms with Crippen molar-refractivity contribution in [3.63, 3.8) is 0 Å². The fourth-order valence-corrected chi connectivity index (χ4v) is 3.04. The van der Waals surface area contributed by atoms with Gasteiger partial charge in [-0.2, -0.15) is 18.3 Å². The monoisotopic (exact) mass is 412 g/mol. The van der Waals surface area contributed by atoms with Gasteiger partial charge >= 0.3 is 6.18 Å². The number of hydrogen-bond acceptors (Lipinski definition) is 4. The van der Waals surface area contributed by atoms with Crippen LogP contribution in [-0.4, -0.2) is 59.5 Å². The molecule has 0 radical (unpaired) electrons. The number of aromatic nitrogens is 2. The van der Waals surface area contributed by atoms with Crippen molar-refractivity contribution in [1.29, 1.82) is 0 Å². The number of ether oxygens (including phenoxy) is 1. The fourth-order valence-electron chi connectivity index (χ4n) is 2.53. The van der Waals surface area contributed by atoms with Crippen LogP contribution < -0.4 is 5.32 Å². The molecule has 24 heavy (non-hydrogen) atoms. The highest BCUT2D eigenvalue weighted by Gasteiger charge is 2.38. The molecule has 1 aromatic rings. The second-order valence-corrected chi connectivity index (χ2v) is 6.58. The third kappa shape index (κ3) is 4.93. The van der Waals surface area contributed by atoms with E-state index in [1.54, 1.807) is 0 Å². The molecule has 1 aliphatic rings. The van der Waals surface area contributed by atoms with Gasteiger partial charge in [0.05, 0.1) is 23.4 Å². The zero-order chi connectivity index (χ0) is 17.9. The van der Waals surface area contributed by atoms with Gasteiger partial charge in [-0.05, 0) is 29.8 Å². The molecule has 1 aromatic heterocycles. The maximum atomic E-state index is 12.8. The molecule has 0 aromatic carbocycles. The Labute approximate surface area is 146 Å². The molecule has 136 valence electrons. The molecule has 1 saturated heterocycles. The summed E-state index contributed by atoms with van der Waals surface area (Å²) in [4.78, 5) is 14.2. The summed E-state index contributed by atoms with van der Waals surface area (Å²) in [6, 6.07) is -0.114. The van der Waals surface area contributed by atoms with Crippen molar-refractivity contribution in [2.45, 2.75) is 32.6 Å². The Morgan fingerprint density at radius 1 is 1.42 bits per heavy atom. The molecule has 0 spiro atoms. The number of carbonyl (C=O) groups is 1. The summed E-state index contributed by atoms with van der Waals surface area (Å²) < 4.78 is 44.7. The van der Waals surface area contributed by atoms with Gasteiger partial charge in [-0.15, -0.1) is 0 Å². The highest BCUT2D eigenvalue weighted by Crippen LogP contribution is 2.35. The van der Waals surface area contributed by atoms with E-state index in [4.69, 9.17) is 4.74 Å². The molecule has 0 bridgehead atoms. The minimum atomic E-state index is -4.56. The smallest absolute Gasteiger partial charge is 0.379 e. The molecule has 1 aliphatic heterocycles. The summed E-state index contributed by atoms with van der Waals surface area (Å²) in [5.74, 6) is -0.373. The number of alkyl halides is 3. The molecule has 0 aliphatic carbocycles. The van der Waals surface area contributed by atoms with E-state index >= 15 is 0 Å². The van der Waals surface area contributed by atoms with Crippen molar-refractivity contribution in [1.82, 2.24) is 20.0 Å². The second-order valence-electron chi connectivity index (χ2n) is 5.78. The number of rotatable bonds is 5. The lowest BCUT2D eigenvalue weighted by Gasteiger charge is -2.29.